The lowest BCUT2D eigenvalue weighted by Gasteiger charge is -2.09. The Morgan fingerprint density at radius 1 is 1.45 bits per heavy atom. The van der Waals surface area contributed by atoms with Gasteiger partial charge in [-0.3, -0.25) is 0 Å². The van der Waals surface area contributed by atoms with Gasteiger partial charge in [-0.15, -0.1) is 0 Å². The summed E-state index contributed by atoms with van der Waals surface area (Å²) in [6, 6.07) is 0.950. The van der Waals surface area contributed by atoms with Crippen molar-refractivity contribution in [2.24, 2.45) is 0 Å². The van der Waals surface area contributed by atoms with E-state index < -0.39 is 18.0 Å². The van der Waals surface area contributed by atoms with E-state index in [1.165, 1.54) is 12.4 Å². The first kappa shape index (κ1) is 14.6. The van der Waals surface area contributed by atoms with Crippen molar-refractivity contribution in [2.45, 2.75) is 32.0 Å². The van der Waals surface area contributed by atoms with Gasteiger partial charge in [-0.05, 0) is 12.8 Å². The van der Waals surface area contributed by atoms with Crippen LogP contribution in [0.4, 0.5) is 19.0 Å². The van der Waals surface area contributed by atoms with E-state index in [0.29, 0.717) is 25.2 Å². The number of halogens is 3. The molecule has 0 aromatic carbocycles. The van der Waals surface area contributed by atoms with Gasteiger partial charge in [0.05, 0.1) is 6.10 Å². The number of aliphatic hydroxyl groups is 1. The summed E-state index contributed by atoms with van der Waals surface area (Å²) in [6.07, 6.45) is -1.06. The minimum Gasteiger partial charge on any atom is -0.393 e. The quantitative estimate of drug-likeness (QED) is 0.886. The summed E-state index contributed by atoms with van der Waals surface area (Å²) in [4.78, 5) is 4.00. The number of fused-ring (bicyclic) bond motifs is 1. The van der Waals surface area contributed by atoms with Crippen LogP contribution in [0.2, 0.25) is 0 Å². The third kappa shape index (κ3) is 3.19. The second kappa shape index (κ2) is 5.66. The van der Waals surface area contributed by atoms with Crippen molar-refractivity contribution in [3.05, 3.63) is 24.2 Å². The first-order valence-corrected chi connectivity index (χ1v) is 6.25. The van der Waals surface area contributed by atoms with Gasteiger partial charge < -0.3 is 10.4 Å². The van der Waals surface area contributed by atoms with E-state index in [1.54, 1.807) is 0 Å². The molecular weight excluding hydrogens is 273 g/mol. The van der Waals surface area contributed by atoms with E-state index in [9.17, 15) is 18.3 Å². The Morgan fingerprint density at radius 3 is 2.85 bits per heavy atom. The summed E-state index contributed by atoms with van der Waals surface area (Å²) >= 11 is 0. The van der Waals surface area contributed by atoms with Gasteiger partial charge in [0.15, 0.2) is 11.5 Å². The van der Waals surface area contributed by atoms with Crippen LogP contribution < -0.4 is 5.32 Å². The normalized spacial score (nSPS) is 13.7. The monoisotopic (exact) mass is 288 g/mol. The fourth-order valence-corrected chi connectivity index (χ4v) is 1.76. The van der Waals surface area contributed by atoms with Crippen LogP contribution in [0.25, 0.3) is 5.52 Å². The lowest BCUT2D eigenvalue weighted by atomic mass is 10.2. The molecule has 1 unspecified atom stereocenters. The van der Waals surface area contributed by atoms with E-state index in [0.717, 1.165) is 10.6 Å². The molecule has 2 aromatic heterocycles. The van der Waals surface area contributed by atoms with Crippen LogP contribution in [0.5, 0.6) is 0 Å². The average molecular weight is 288 g/mol. The van der Waals surface area contributed by atoms with E-state index in [4.69, 9.17) is 0 Å². The van der Waals surface area contributed by atoms with Crippen LogP contribution >= 0.6 is 0 Å². The highest BCUT2D eigenvalue weighted by molar-refractivity contribution is 5.67. The Hall–Kier alpha value is -1.83. The van der Waals surface area contributed by atoms with Crippen molar-refractivity contribution in [1.82, 2.24) is 14.6 Å². The zero-order valence-corrected chi connectivity index (χ0v) is 10.9. The molecule has 110 valence electrons. The molecule has 0 spiro atoms. The summed E-state index contributed by atoms with van der Waals surface area (Å²) in [5.74, 6) is 0.318. The number of hydrogen-bond acceptors (Lipinski definition) is 4. The van der Waals surface area contributed by atoms with Gasteiger partial charge >= 0.3 is 6.18 Å². The number of anilines is 1. The van der Waals surface area contributed by atoms with E-state index in [2.05, 4.69) is 15.4 Å². The molecule has 8 heteroatoms. The van der Waals surface area contributed by atoms with Crippen LogP contribution in [0.1, 0.15) is 25.5 Å². The van der Waals surface area contributed by atoms with Gasteiger partial charge in [0.2, 0.25) is 0 Å². The lowest BCUT2D eigenvalue weighted by Crippen LogP contribution is -2.13. The Bertz CT molecular complexity index is 582. The van der Waals surface area contributed by atoms with Gasteiger partial charge in [-0.1, -0.05) is 6.92 Å². The molecule has 0 amide bonds. The average Bonchev–Trinajstić information content (AvgIpc) is 2.83. The number of nitrogens with zero attached hydrogens (tertiary/aromatic N) is 3. The molecule has 5 nitrogen and oxygen atoms in total. The molecule has 2 N–H and O–H groups in total. The lowest BCUT2D eigenvalue weighted by molar-refractivity contribution is -0.141. The zero-order valence-electron chi connectivity index (χ0n) is 10.9. The molecule has 0 saturated carbocycles. The van der Waals surface area contributed by atoms with Gasteiger partial charge in [-0.2, -0.15) is 18.3 Å². The van der Waals surface area contributed by atoms with Crippen LogP contribution in [0, 0.1) is 0 Å². The number of hydrogen-bond donors (Lipinski definition) is 2. The molecule has 0 fully saturated rings. The first-order chi connectivity index (χ1) is 9.41. The fourth-order valence-electron chi connectivity index (χ4n) is 1.76. The van der Waals surface area contributed by atoms with Crippen LogP contribution in [-0.4, -0.2) is 32.4 Å². The van der Waals surface area contributed by atoms with Crippen LogP contribution in [0.15, 0.2) is 18.5 Å². The molecule has 2 heterocycles. The molecule has 0 radical (unpaired) electrons. The van der Waals surface area contributed by atoms with Crippen LogP contribution in [-0.2, 0) is 6.18 Å². The minimum atomic E-state index is -4.48. The Kier molecular flexibility index (Phi) is 4.12. The predicted molar refractivity (Wildman–Crippen MR) is 67.4 cm³/mol. The zero-order chi connectivity index (χ0) is 14.8. The van der Waals surface area contributed by atoms with Crippen molar-refractivity contribution in [3.63, 3.8) is 0 Å². The highest BCUT2D eigenvalue weighted by Gasteiger charge is 2.34. The van der Waals surface area contributed by atoms with Gasteiger partial charge in [0.1, 0.15) is 5.52 Å². The van der Waals surface area contributed by atoms with Gasteiger partial charge in [0.25, 0.3) is 0 Å². The standard InChI is InChI=1S/C12H15F3N4O/c1-2-8(20)3-4-16-11-9-7-10(12(13,14)15)18-19(9)6-5-17-11/h5-8,20H,2-4H2,1H3,(H,16,17). The molecule has 2 rings (SSSR count). The maximum Gasteiger partial charge on any atom is 0.435 e. The van der Waals surface area contributed by atoms with Crippen molar-refractivity contribution < 1.29 is 18.3 Å². The maximum absolute atomic E-state index is 12.6. The number of rotatable bonds is 5. The molecule has 0 aliphatic carbocycles. The Labute approximate surface area is 113 Å². The molecule has 1 atom stereocenters. The van der Waals surface area contributed by atoms with E-state index in [-0.39, 0.29) is 5.52 Å². The smallest absolute Gasteiger partial charge is 0.393 e. The van der Waals surface area contributed by atoms with Crippen molar-refractivity contribution in [1.29, 1.82) is 0 Å². The van der Waals surface area contributed by atoms with Crippen molar-refractivity contribution in [3.8, 4) is 0 Å². The minimum absolute atomic E-state index is 0.255. The highest BCUT2D eigenvalue weighted by Crippen LogP contribution is 2.29. The largest absolute Gasteiger partial charge is 0.435 e. The maximum atomic E-state index is 12.6. The molecule has 2 aromatic rings. The van der Waals surface area contributed by atoms with Crippen molar-refractivity contribution >= 4 is 11.3 Å². The predicted octanol–water partition coefficient (Wildman–Crippen LogP) is 2.32. The molecular formula is C12H15F3N4O. The van der Waals surface area contributed by atoms with E-state index in [1.807, 2.05) is 6.92 Å². The van der Waals surface area contributed by atoms with Gasteiger partial charge in [-0.25, -0.2) is 9.50 Å². The number of alkyl halides is 3. The molecule has 0 aliphatic heterocycles. The topological polar surface area (TPSA) is 62.5 Å². The van der Waals surface area contributed by atoms with Crippen molar-refractivity contribution in [2.75, 3.05) is 11.9 Å². The number of aliphatic hydroxyl groups excluding tert-OH is 1. The Balaban J connectivity index is 2.19. The summed E-state index contributed by atoms with van der Waals surface area (Å²) in [6.45, 7) is 2.28. The highest BCUT2D eigenvalue weighted by atomic mass is 19.4. The molecule has 0 saturated heterocycles. The SMILES string of the molecule is CCC(O)CCNc1nccn2nc(C(F)(F)F)cc12. The third-order valence-electron chi connectivity index (χ3n) is 2.92. The third-order valence-corrected chi connectivity index (χ3v) is 2.92. The number of aromatic nitrogens is 3. The Morgan fingerprint density at radius 2 is 2.20 bits per heavy atom. The summed E-state index contributed by atoms with van der Waals surface area (Å²) in [7, 11) is 0. The second-order valence-electron chi connectivity index (χ2n) is 4.41. The summed E-state index contributed by atoms with van der Waals surface area (Å²) < 4.78 is 39.0. The molecule has 0 aliphatic rings. The molecule has 20 heavy (non-hydrogen) atoms. The second-order valence-corrected chi connectivity index (χ2v) is 4.41. The van der Waals surface area contributed by atoms with E-state index >= 15 is 0 Å². The van der Waals surface area contributed by atoms with Gasteiger partial charge in [0, 0.05) is 25.0 Å². The fraction of sp³-hybridized carbons (Fsp3) is 0.500. The van der Waals surface area contributed by atoms with Crippen LogP contribution in [0.3, 0.4) is 0 Å². The summed E-state index contributed by atoms with van der Waals surface area (Å²) in [5.41, 5.74) is -0.701. The molecule has 0 bridgehead atoms. The summed E-state index contributed by atoms with van der Waals surface area (Å²) in [5, 5.41) is 15.8. The first-order valence-electron chi connectivity index (χ1n) is 6.25. The number of nitrogens with one attached hydrogen (secondary N) is 1.